The van der Waals surface area contributed by atoms with Crippen LogP contribution >= 0.6 is 0 Å². The normalized spacial score (nSPS) is 11.7. The second-order valence-corrected chi connectivity index (χ2v) is 10.1. The summed E-state index contributed by atoms with van der Waals surface area (Å²) in [5.41, 5.74) is 0. The second-order valence-electron chi connectivity index (χ2n) is 4.04. The van der Waals surface area contributed by atoms with Crippen LogP contribution in [0.15, 0.2) is 24.3 Å². The summed E-state index contributed by atoms with van der Waals surface area (Å²) < 4.78 is 0. The van der Waals surface area contributed by atoms with Crippen molar-refractivity contribution in [1.82, 2.24) is 0 Å². The van der Waals surface area contributed by atoms with Gasteiger partial charge in [-0.3, -0.25) is 0 Å². The summed E-state index contributed by atoms with van der Waals surface area (Å²) in [6.45, 7) is 7.09. The van der Waals surface area contributed by atoms with E-state index in [0.717, 1.165) is 0 Å². The summed E-state index contributed by atoms with van der Waals surface area (Å²) in [5, 5.41) is 3.06. The van der Waals surface area contributed by atoms with Gasteiger partial charge in [0, 0.05) is 10.2 Å². The van der Waals surface area contributed by atoms with Gasteiger partial charge in [-0.05, 0) is 0 Å². The lowest BCUT2D eigenvalue weighted by Crippen LogP contribution is -2.45. The monoisotopic (exact) mass is 221 g/mol. The van der Waals surface area contributed by atoms with Gasteiger partial charge in [-0.2, -0.15) is 0 Å². The maximum absolute atomic E-state index is 2.37. The predicted octanol–water partition coefficient (Wildman–Crippen LogP) is 1.66. The molecule has 0 atom stereocenters. The molecule has 1 radical (unpaired) electrons. The fraction of sp³-hybridized carbons (Fsp3) is 0.500. The Balaban J connectivity index is 3.05. The van der Waals surface area contributed by atoms with Gasteiger partial charge in [-0.15, -0.1) is 0 Å². The summed E-state index contributed by atoms with van der Waals surface area (Å²) in [4.78, 5) is 0. The first-order valence-electron chi connectivity index (χ1n) is 5.61. The van der Waals surface area contributed by atoms with Crippen LogP contribution in [-0.4, -0.2) is 18.3 Å². The lowest BCUT2D eigenvalue weighted by molar-refractivity contribution is 1.19. The smallest absolute Gasteiger partial charge is 0.0697 e. The van der Waals surface area contributed by atoms with Gasteiger partial charge in [-0.1, -0.05) is 73.5 Å². The molecule has 0 aliphatic carbocycles. The van der Waals surface area contributed by atoms with Crippen molar-refractivity contribution in [3.63, 3.8) is 0 Å². The molecule has 0 N–H and O–H groups in total. The Morgan fingerprint density at radius 1 is 0.929 bits per heavy atom. The van der Waals surface area contributed by atoms with Crippen LogP contribution in [-0.2, 0) is 0 Å². The van der Waals surface area contributed by atoms with Gasteiger partial charge in [-0.25, -0.2) is 0 Å². The van der Waals surface area contributed by atoms with E-state index in [1.165, 1.54) is 23.3 Å². The van der Waals surface area contributed by atoms with Crippen molar-refractivity contribution in [2.75, 3.05) is 0 Å². The van der Waals surface area contributed by atoms with E-state index in [-0.39, 0.29) is 0 Å². The topological polar surface area (TPSA) is 0 Å². The Kier molecular flexibility index (Phi) is 4.14. The average molecular weight is 221 g/mol. The van der Waals surface area contributed by atoms with Crippen LogP contribution in [0.1, 0.15) is 20.8 Å². The highest BCUT2D eigenvalue weighted by atomic mass is 28.3. The molecule has 0 fully saturated rings. The zero-order valence-corrected chi connectivity index (χ0v) is 12.1. The number of benzene rings is 1. The third kappa shape index (κ3) is 2.18. The minimum absolute atomic E-state index is 1.11. The fourth-order valence-corrected chi connectivity index (χ4v) is 6.05. The summed E-state index contributed by atoms with van der Waals surface area (Å²) in [7, 11) is 0.853. The Morgan fingerprint density at radius 3 is 1.71 bits per heavy atom. The molecule has 14 heavy (non-hydrogen) atoms. The molecule has 1 aromatic rings. The van der Waals surface area contributed by atoms with Gasteiger partial charge in [0.25, 0.3) is 0 Å². The highest BCUT2D eigenvalue weighted by molar-refractivity contribution is 6.91. The number of rotatable bonds is 4. The Hall–Kier alpha value is -0.346. The highest BCUT2D eigenvalue weighted by Crippen LogP contribution is 2.19. The molecule has 0 aliphatic rings. The standard InChI is InChI=1S/C12H21Si2/c1-4-14(5-2,6-3)12-9-7-11(13)8-10-12/h7-10H,4-6,13H2,1-3H3. The molecular formula is C12H21Si2. The summed E-state index contributed by atoms with van der Waals surface area (Å²) in [5.74, 6) is 0. The summed E-state index contributed by atoms with van der Waals surface area (Å²) >= 11 is 0. The van der Waals surface area contributed by atoms with Crippen molar-refractivity contribution in [2.45, 2.75) is 38.9 Å². The minimum atomic E-state index is -1.11. The van der Waals surface area contributed by atoms with Gasteiger partial charge >= 0.3 is 0 Å². The molecule has 1 aromatic carbocycles. The third-order valence-corrected chi connectivity index (χ3v) is 9.69. The molecule has 0 spiro atoms. The Labute approximate surface area is 92.2 Å². The van der Waals surface area contributed by atoms with Crippen molar-refractivity contribution >= 4 is 28.7 Å². The maximum atomic E-state index is 2.37. The van der Waals surface area contributed by atoms with E-state index in [1.807, 2.05) is 10.2 Å². The maximum Gasteiger partial charge on any atom is 0.0859 e. The zero-order chi connectivity index (χ0) is 10.6. The molecular weight excluding hydrogens is 200 g/mol. The Morgan fingerprint density at radius 2 is 1.36 bits per heavy atom. The van der Waals surface area contributed by atoms with Crippen LogP contribution in [0.4, 0.5) is 0 Å². The van der Waals surface area contributed by atoms with Crippen molar-refractivity contribution < 1.29 is 0 Å². The van der Waals surface area contributed by atoms with E-state index < -0.39 is 8.07 Å². The molecule has 77 valence electrons. The van der Waals surface area contributed by atoms with Crippen molar-refractivity contribution in [1.29, 1.82) is 0 Å². The van der Waals surface area contributed by atoms with Crippen molar-refractivity contribution in [3.05, 3.63) is 24.3 Å². The number of hydrogen-bond donors (Lipinski definition) is 0. The molecule has 0 unspecified atom stereocenters. The second kappa shape index (κ2) is 4.94. The molecule has 0 aromatic heterocycles. The van der Waals surface area contributed by atoms with Crippen molar-refractivity contribution in [2.24, 2.45) is 0 Å². The van der Waals surface area contributed by atoms with E-state index in [9.17, 15) is 0 Å². The minimum Gasteiger partial charge on any atom is -0.0697 e. The van der Waals surface area contributed by atoms with E-state index in [0.29, 0.717) is 0 Å². The summed E-state index contributed by atoms with van der Waals surface area (Å²) in [6.07, 6.45) is 0. The van der Waals surface area contributed by atoms with Gasteiger partial charge < -0.3 is 0 Å². The lowest BCUT2D eigenvalue weighted by Gasteiger charge is -2.28. The first-order valence-corrected chi connectivity index (χ1v) is 8.94. The van der Waals surface area contributed by atoms with Crippen LogP contribution in [0.5, 0.6) is 0 Å². The van der Waals surface area contributed by atoms with Gasteiger partial charge in [0.1, 0.15) is 0 Å². The zero-order valence-electron chi connectivity index (χ0n) is 9.64. The van der Waals surface area contributed by atoms with Crippen LogP contribution in [0.2, 0.25) is 18.1 Å². The predicted molar refractivity (Wildman–Crippen MR) is 71.5 cm³/mol. The quantitative estimate of drug-likeness (QED) is 0.679. The fourth-order valence-electron chi connectivity index (χ4n) is 2.22. The molecule has 0 saturated carbocycles. The van der Waals surface area contributed by atoms with Crippen LogP contribution in [0.25, 0.3) is 0 Å². The van der Waals surface area contributed by atoms with E-state index in [2.05, 4.69) is 45.0 Å². The number of hydrogen-bond acceptors (Lipinski definition) is 0. The first kappa shape index (κ1) is 11.7. The first-order chi connectivity index (χ1) is 6.68. The molecule has 0 nitrogen and oxygen atoms in total. The summed E-state index contributed by atoms with van der Waals surface area (Å²) in [6, 6.07) is 13.4. The van der Waals surface area contributed by atoms with E-state index in [4.69, 9.17) is 0 Å². The van der Waals surface area contributed by atoms with E-state index >= 15 is 0 Å². The molecule has 0 aliphatic heterocycles. The molecule has 0 amide bonds. The molecule has 0 bridgehead atoms. The third-order valence-electron chi connectivity index (χ3n) is 3.60. The molecule has 0 heterocycles. The van der Waals surface area contributed by atoms with Gasteiger partial charge in [0.05, 0.1) is 8.07 Å². The average Bonchev–Trinajstić information content (AvgIpc) is 2.24. The van der Waals surface area contributed by atoms with Crippen LogP contribution < -0.4 is 10.4 Å². The van der Waals surface area contributed by atoms with Crippen molar-refractivity contribution in [3.8, 4) is 0 Å². The lowest BCUT2D eigenvalue weighted by atomic mass is 10.4. The van der Waals surface area contributed by atoms with Crippen LogP contribution in [0.3, 0.4) is 0 Å². The SMILES string of the molecule is CC[Si](CC)(CC)c1ccc([SiH2])cc1. The Bertz CT molecular complexity index is 265. The largest absolute Gasteiger partial charge is 0.0859 e. The van der Waals surface area contributed by atoms with Gasteiger partial charge in [0.15, 0.2) is 0 Å². The van der Waals surface area contributed by atoms with Crippen LogP contribution in [0, 0.1) is 0 Å². The van der Waals surface area contributed by atoms with E-state index in [1.54, 1.807) is 5.19 Å². The molecule has 1 rings (SSSR count). The molecule has 2 heteroatoms. The molecule has 0 saturated heterocycles. The van der Waals surface area contributed by atoms with Gasteiger partial charge in [0.2, 0.25) is 0 Å². The highest BCUT2D eigenvalue weighted by Gasteiger charge is 2.28.